The van der Waals surface area contributed by atoms with Gasteiger partial charge in [0.2, 0.25) is 15.9 Å². The summed E-state index contributed by atoms with van der Waals surface area (Å²) >= 11 is 0. The Morgan fingerprint density at radius 1 is 1.26 bits per heavy atom. The second-order valence-corrected chi connectivity index (χ2v) is 9.65. The molecule has 0 radical (unpaired) electrons. The zero-order valence-corrected chi connectivity index (χ0v) is 18.8. The van der Waals surface area contributed by atoms with Crippen LogP contribution in [0.25, 0.3) is 0 Å². The second kappa shape index (κ2) is 9.24. The average Bonchev–Trinajstić information content (AvgIpc) is 2.79. The molecule has 1 saturated heterocycles. The minimum Gasteiger partial charge on any atom is -0.303 e. The number of rotatable bonds is 6. The van der Waals surface area contributed by atoms with Crippen molar-refractivity contribution in [3.8, 4) is 6.07 Å². The molecule has 0 aliphatic carbocycles. The highest BCUT2D eigenvalue weighted by Gasteiger charge is 2.45. The third kappa shape index (κ3) is 4.37. The van der Waals surface area contributed by atoms with Crippen molar-refractivity contribution >= 4 is 21.6 Å². The molecule has 1 atom stereocenters. The fourth-order valence-electron chi connectivity index (χ4n) is 3.57. The van der Waals surface area contributed by atoms with Gasteiger partial charge >= 0.3 is 0 Å². The molecule has 1 aliphatic rings. The maximum absolute atomic E-state index is 13.9. The molecule has 0 N–H and O–H groups in total. The molecule has 2 aromatic heterocycles. The first-order chi connectivity index (χ1) is 16.2. The van der Waals surface area contributed by atoms with Crippen molar-refractivity contribution in [2.75, 3.05) is 11.4 Å². The third-order valence-corrected chi connectivity index (χ3v) is 7.39. The number of hydrogen-bond donors (Lipinski definition) is 0. The lowest BCUT2D eigenvalue weighted by molar-refractivity contribution is -0.125. The summed E-state index contributed by atoms with van der Waals surface area (Å²) in [6.45, 7) is 1.98. The maximum Gasteiger partial charge on any atom is 0.245 e. The fourth-order valence-corrected chi connectivity index (χ4v) is 5.24. The molecule has 8 nitrogen and oxygen atoms in total. The molecule has 3 heterocycles. The number of amides is 1. The Kier molecular flexibility index (Phi) is 6.37. The molecule has 3 aromatic rings. The number of carbonyl (C=O) groups is 1. The Morgan fingerprint density at radius 3 is 2.65 bits per heavy atom. The number of aryl methyl sites for hydroxylation is 1. The van der Waals surface area contributed by atoms with Gasteiger partial charge in [-0.1, -0.05) is 6.07 Å². The van der Waals surface area contributed by atoms with Crippen LogP contribution in [0.3, 0.4) is 0 Å². The van der Waals surface area contributed by atoms with Gasteiger partial charge in [0.1, 0.15) is 12.1 Å². The standard InChI is InChI=1S/C23H19F2N5O3S/c1-15-4-5-17(28-12-15)14-29(18-3-2-7-27-13-18)23(31)21-6-8-30(21)34(32,33)19-9-16(11-26)22(25)20(24)10-19/h2-5,7,9-10,12-13,21H,6,8,14H2,1H3/t21-/m1/s1. The molecule has 11 heteroatoms. The van der Waals surface area contributed by atoms with Crippen LogP contribution < -0.4 is 4.90 Å². The van der Waals surface area contributed by atoms with Gasteiger partial charge in [0.15, 0.2) is 11.6 Å². The van der Waals surface area contributed by atoms with Gasteiger partial charge < -0.3 is 4.90 Å². The van der Waals surface area contributed by atoms with Crippen LogP contribution in [0, 0.1) is 29.9 Å². The molecule has 1 fully saturated rings. The van der Waals surface area contributed by atoms with Crippen LogP contribution in [0.15, 0.2) is 59.9 Å². The van der Waals surface area contributed by atoms with Crippen LogP contribution in [-0.4, -0.2) is 41.2 Å². The molecule has 0 saturated carbocycles. The van der Waals surface area contributed by atoms with E-state index in [0.717, 1.165) is 15.9 Å². The largest absolute Gasteiger partial charge is 0.303 e. The van der Waals surface area contributed by atoms with E-state index < -0.39 is 44.1 Å². The van der Waals surface area contributed by atoms with E-state index in [1.807, 2.05) is 13.0 Å². The Morgan fingerprint density at radius 2 is 2.06 bits per heavy atom. The van der Waals surface area contributed by atoms with Crippen LogP contribution in [0.2, 0.25) is 0 Å². The van der Waals surface area contributed by atoms with Crippen molar-refractivity contribution in [1.82, 2.24) is 14.3 Å². The van der Waals surface area contributed by atoms with E-state index in [1.54, 1.807) is 30.6 Å². The van der Waals surface area contributed by atoms with Gasteiger partial charge in [-0.25, -0.2) is 17.2 Å². The summed E-state index contributed by atoms with van der Waals surface area (Å²) in [6, 6.07) is 8.61. The number of benzene rings is 1. The topological polar surface area (TPSA) is 107 Å². The number of nitriles is 1. The second-order valence-electron chi connectivity index (χ2n) is 7.76. The van der Waals surface area contributed by atoms with E-state index in [-0.39, 0.29) is 19.5 Å². The third-order valence-electron chi connectivity index (χ3n) is 5.50. The van der Waals surface area contributed by atoms with Crippen molar-refractivity contribution in [2.24, 2.45) is 0 Å². The number of anilines is 1. The van der Waals surface area contributed by atoms with Crippen LogP contribution in [0.5, 0.6) is 0 Å². The zero-order valence-electron chi connectivity index (χ0n) is 18.0. The quantitative estimate of drug-likeness (QED) is 0.534. The zero-order chi connectivity index (χ0) is 24.5. The Labute approximate surface area is 195 Å². The van der Waals surface area contributed by atoms with E-state index in [1.165, 1.54) is 17.2 Å². The number of nitrogens with zero attached hydrogens (tertiary/aromatic N) is 5. The lowest BCUT2D eigenvalue weighted by atomic mass is 10.1. The predicted octanol–water partition coefficient (Wildman–Crippen LogP) is 2.93. The van der Waals surface area contributed by atoms with Crippen molar-refractivity contribution in [1.29, 1.82) is 5.26 Å². The number of carbonyl (C=O) groups excluding carboxylic acids is 1. The summed E-state index contributed by atoms with van der Waals surface area (Å²) in [5.74, 6) is -3.39. The first-order valence-electron chi connectivity index (χ1n) is 10.3. The van der Waals surface area contributed by atoms with Crippen molar-refractivity contribution in [3.05, 3.63) is 83.4 Å². The van der Waals surface area contributed by atoms with Gasteiger partial charge in [-0.05, 0) is 49.2 Å². The van der Waals surface area contributed by atoms with Gasteiger partial charge in [-0.3, -0.25) is 14.8 Å². The fraction of sp³-hybridized carbons (Fsp3) is 0.217. The molecule has 4 rings (SSSR count). The minimum absolute atomic E-state index is 0.0171. The van der Waals surface area contributed by atoms with Gasteiger partial charge in [0.25, 0.3) is 0 Å². The number of hydrogen-bond acceptors (Lipinski definition) is 6. The highest BCUT2D eigenvalue weighted by molar-refractivity contribution is 7.89. The molecule has 0 unspecified atom stereocenters. The summed E-state index contributed by atoms with van der Waals surface area (Å²) in [6.07, 6.45) is 4.94. The normalized spacial score (nSPS) is 15.9. The first-order valence-corrected chi connectivity index (χ1v) is 11.7. The van der Waals surface area contributed by atoms with E-state index in [2.05, 4.69) is 9.97 Å². The molecule has 1 aliphatic heterocycles. The molecule has 1 aromatic carbocycles. The number of halogens is 2. The van der Waals surface area contributed by atoms with E-state index in [9.17, 15) is 22.0 Å². The summed E-state index contributed by atoms with van der Waals surface area (Å²) in [4.78, 5) is 22.7. The molecule has 1 amide bonds. The molecular weight excluding hydrogens is 464 g/mol. The molecule has 0 spiro atoms. The van der Waals surface area contributed by atoms with Crippen LogP contribution in [0.1, 0.15) is 23.2 Å². The summed E-state index contributed by atoms with van der Waals surface area (Å²) in [7, 11) is -4.37. The lowest BCUT2D eigenvalue weighted by Gasteiger charge is -2.40. The predicted molar refractivity (Wildman–Crippen MR) is 118 cm³/mol. The lowest BCUT2D eigenvalue weighted by Crippen LogP contribution is -2.59. The minimum atomic E-state index is -4.37. The first kappa shape index (κ1) is 23.4. The molecular formula is C23H19F2N5O3S. The summed E-state index contributed by atoms with van der Waals surface area (Å²) in [5, 5.41) is 9.00. The van der Waals surface area contributed by atoms with Crippen molar-refractivity contribution in [2.45, 2.75) is 30.8 Å². The SMILES string of the molecule is Cc1ccc(CN(C(=O)[C@H]2CCN2S(=O)(=O)c2cc(F)c(F)c(C#N)c2)c2cccnc2)nc1. The Bertz CT molecular complexity index is 1380. The average molecular weight is 484 g/mol. The summed E-state index contributed by atoms with van der Waals surface area (Å²) in [5.41, 5.74) is 1.27. The van der Waals surface area contributed by atoms with E-state index in [0.29, 0.717) is 17.4 Å². The van der Waals surface area contributed by atoms with Crippen molar-refractivity contribution in [3.63, 3.8) is 0 Å². The molecule has 34 heavy (non-hydrogen) atoms. The van der Waals surface area contributed by atoms with Crippen LogP contribution >= 0.6 is 0 Å². The van der Waals surface area contributed by atoms with Gasteiger partial charge in [-0.15, -0.1) is 0 Å². The smallest absolute Gasteiger partial charge is 0.245 e. The van der Waals surface area contributed by atoms with Crippen LogP contribution in [0.4, 0.5) is 14.5 Å². The Balaban J connectivity index is 1.66. The molecule has 174 valence electrons. The van der Waals surface area contributed by atoms with Crippen LogP contribution in [-0.2, 0) is 21.4 Å². The number of sulfonamides is 1. The summed E-state index contributed by atoms with van der Waals surface area (Å²) < 4.78 is 54.9. The highest BCUT2D eigenvalue weighted by Crippen LogP contribution is 2.31. The highest BCUT2D eigenvalue weighted by atomic mass is 32.2. The van der Waals surface area contributed by atoms with Gasteiger partial charge in [-0.2, -0.15) is 9.57 Å². The maximum atomic E-state index is 13.9. The number of aromatic nitrogens is 2. The monoisotopic (exact) mass is 483 g/mol. The Hall–Kier alpha value is -3.75. The van der Waals surface area contributed by atoms with E-state index in [4.69, 9.17) is 5.26 Å². The van der Waals surface area contributed by atoms with Gasteiger partial charge in [0, 0.05) is 18.9 Å². The van der Waals surface area contributed by atoms with Crippen molar-refractivity contribution < 1.29 is 22.0 Å². The number of pyridine rings is 2. The van der Waals surface area contributed by atoms with Gasteiger partial charge in [0.05, 0.1) is 34.6 Å². The van der Waals surface area contributed by atoms with E-state index >= 15 is 0 Å². The molecule has 0 bridgehead atoms.